The number of fused-ring (bicyclic) bond motifs is 1. The maximum Gasteiger partial charge on any atom is 0.296 e. The van der Waals surface area contributed by atoms with Gasteiger partial charge in [-0.15, -0.1) is 12.4 Å². The van der Waals surface area contributed by atoms with Gasteiger partial charge in [-0.25, -0.2) is 0 Å². The van der Waals surface area contributed by atoms with Gasteiger partial charge in [-0.2, -0.15) is 0 Å². The Kier molecular flexibility index (Phi) is 5.79. The van der Waals surface area contributed by atoms with E-state index in [-0.39, 0.29) is 29.8 Å². The molecule has 8 nitrogen and oxygen atoms in total. The summed E-state index contributed by atoms with van der Waals surface area (Å²) >= 11 is 0. The molecule has 9 heteroatoms. The predicted octanol–water partition coefficient (Wildman–Crippen LogP) is 2.64. The van der Waals surface area contributed by atoms with Gasteiger partial charge in [0.25, 0.3) is 5.69 Å². The number of anilines is 1. The highest BCUT2D eigenvalue weighted by Crippen LogP contribution is 2.47. The Morgan fingerprint density at radius 2 is 2.00 bits per heavy atom. The van der Waals surface area contributed by atoms with Crippen molar-refractivity contribution in [3.63, 3.8) is 0 Å². The quantitative estimate of drug-likeness (QED) is 0.612. The highest BCUT2D eigenvalue weighted by Gasteiger charge is 2.46. The molecule has 2 unspecified atom stereocenters. The van der Waals surface area contributed by atoms with E-state index in [1.807, 2.05) is 0 Å². The average molecular weight is 386 g/mol. The van der Waals surface area contributed by atoms with Gasteiger partial charge in [0.1, 0.15) is 23.1 Å². The van der Waals surface area contributed by atoms with E-state index in [0.717, 1.165) is 25.9 Å². The first-order valence-electron chi connectivity index (χ1n) is 8.42. The van der Waals surface area contributed by atoms with E-state index < -0.39 is 22.5 Å². The second-order valence-electron chi connectivity index (χ2n) is 7.18. The molecule has 0 radical (unpaired) electrons. The Morgan fingerprint density at radius 1 is 1.38 bits per heavy atom. The monoisotopic (exact) mass is 385 g/mol. The SMILES string of the molecule is CC(=O)Nc1cc2c(cc1[N+](=O)[O-])OC(C)(C)C(O)C2N1CCCC1.Cl. The van der Waals surface area contributed by atoms with Crippen LogP contribution in [0.15, 0.2) is 12.1 Å². The van der Waals surface area contributed by atoms with Crippen LogP contribution in [0.4, 0.5) is 11.4 Å². The Bertz CT molecular complexity index is 719. The minimum absolute atomic E-state index is 0. The molecule has 2 atom stereocenters. The molecule has 26 heavy (non-hydrogen) atoms. The number of hydrogen-bond donors (Lipinski definition) is 2. The second-order valence-corrected chi connectivity index (χ2v) is 7.18. The largest absolute Gasteiger partial charge is 0.484 e. The van der Waals surface area contributed by atoms with E-state index in [2.05, 4.69) is 10.2 Å². The second kappa shape index (κ2) is 7.38. The number of nitrogens with zero attached hydrogens (tertiary/aromatic N) is 2. The van der Waals surface area contributed by atoms with Crippen LogP contribution in [0.1, 0.15) is 45.2 Å². The van der Waals surface area contributed by atoms with Crippen LogP contribution in [0.3, 0.4) is 0 Å². The molecule has 1 aromatic rings. The molecule has 0 spiro atoms. The number of halogens is 1. The van der Waals surface area contributed by atoms with Gasteiger partial charge in [0.05, 0.1) is 17.0 Å². The normalized spacial score (nSPS) is 24.2. The number of ether oxygens (including phenoxy) is 1. The molecule has 3 rings (SSSR count). The fourth-order valence-electron chi connectivity index (χ4n) is 3.66. The predicted molar refractivity (Wildman–Crippen MR) is 98.9 cm³/mol. The molecule has 1 fully saturated rings. The number of carbonyl (C=O) groups is 1. The Morgan fingerprint density at radius 3 is 2.54 bits per heavy atom. The lowest BCUT2D eigenvalue weighted by Gasteiger charge is -2.45. The highest BCUT2D eigenvalue weighted by molar-refractivity contribution is 5.91. The molecule has 1 aromatic carbocycles. The zero-order valence-corrected chi connectivity index (χ0v) is 15.8. The van der Waals surface area contributed by atoms with Crippen LogP contribution in [-0.4, -0.2) is 45.6 Å². The van der Waals surface area contributed by atoms with Crippen LogP contribution in [0, 0.1) is 10.1 Å². The number of aliphatic hydroxyl groups excluding tert-OH is 1. The van der Waals surface area contributed by atoms with E-state index in [1.165, 1.54) is 13.0 Å². The van der Waals surface area contributed by atoms with Crippen molar-refractivity contribution in [2.45, 2.75) is 51.4 Å². The Balaban J connectivity index is 0.00000243. The molecule has 2 heterocycles. The summed E-state index contributed by atoms with van der Waals surface area (Å²) in [6.07, 6.45) is 1.31. The molecule has 2 aliphatic rings. The zero-order chi connectivity index (χ0) is 18.4. The Hall–Kier alpha value is -1.90. The van der Waals surface area contributed by atoms with Crippen molar-refractivity contribution in [3.8, 4) is 5.75 Å². The third-order valence-corrected chi connectivity index (χ3v) is 4.87. The van der Waals surface area contributed by atoms with Gasteiger partial charge in [-0.05, 0) is 45.8 Å². The molecule has 0 bridgehead atoms. The van der Waals surface area contributed by atoms with Crippen molar-refractivity contribution in [1.82, 2.24) is 4.90 Å². The van der Waals surface area contributed by atoms with Crippen molar-refractivity contribution < 1.29 is 19.6 Å². The molecular formula is C17H24ClN3O5. The third-order valence-electron chi connectivity index (χ3n) is 4.87. The number of amides is 1. The maximum atomic E-state index is 11.4. The summed E-state index contributed by atoms with van der Waals surface area (Å²) in [5.74, 6) is -0.00798. The smallest absolute Gasteiger partial charge is 0.296 e. The molecular weight excluding hydrogens is 362 g/mol. The van der Waals surface area contributed by atoms with Crippen molar-refractivity contribution in [2.24, 2.45) is 0 Å². The van der Waals surface area contributed by atoms with Crippen molar-refractivity contribution >= 4 is 29.7 Å². The first-order chi connectivity index (χ1) is 11.7. The van der Waals surface area contributed by atoms with Gasteiger partial charge in [0, 0.05) is 12.5 Å². The first kappa shape index (κ1) is 20.4. The van der Waals surface area contributed by atoms with Gasteiger partial charge < -0.3 is 15.2 Å². The average Bonchev–Trinajstić information content (AvgIpc) is 3.01. The zero-order valence-electron chi connectivity index (χ0n) is 15.0. The number of aliphatic hydroxyl groups is 1. The van der Waals surface area contributed by atoms with E-state index in [1.54, 1.807) is 19.9 Å². The first-order valence-corrected chi connectivity index (χ1v) is 8.42. The summed E-state index contributed by atoms with van der Waals surface area (Å²) in [5, 5.41) is 24.8. The minimum atomic E-state index is -0.871. The number of hydrogen-bond acceptors (Lipinski definition) is 6. The lowest BCUT2D eigenvalue weighted by Crippen LogP contribution is -2.53. The molecule has 2 N–H and O–H groups in total. The van der Waals surface area contributed by atoms with E-state index in [9.17, 15) is 20.0 Å². The van der Waals surface area contributed by atoms with E-state index in [4.69, 9.17) is 4.74 Å². The van der Waals surface area contributed by atoms with Gasteiger partial charge in [-0.3, -0.25) is 19.8 Å². The molecule has 0 aromatic heterocycles. The summed E-state index contributed by atoms with van der Waals surface area (Å²) < 4.78 is 5.88. The van der Waals surface area contributed by atoms with Gasteiger partial charge >= 0.3 is 0 Å². The Labute approximate surface area is 158 Å². The van der Waals surface area contributed by atoms with Crippen molar-refractivity contribution in [3.05, 3.63) is 27.8 Å². The number of rotatable bonds is 3. The fraction of sp³-hybridized carbons (Fsp3) is 0.588. The van der Waals surface area contributed by atoms with Crippen molar-refractivity contribution in [2.75, 3.05) is 18.4 Å². The number of nitro groups is 1. The number of nitro benzene ring substituents is 1. The molecule has 1 saturated heterocycles. The molecule has 2 aliphatic heterocycles. The van der Waals surface area contributed by atoms with Gasteiger partial charge in [0.15, 0.2) is 0 Å². The standard InChI is InChI=1S/C17H23N3O5.ClH/c1-10(21)18-12-8-11-14(9-13(12)20(23)24)25-17(2,3)16(22)15(11)19-6-4-5-7-19;/h8-9,15-16,22H,4-7H2,1-3H3,(H,18,21);1H. The van der Waals surface area contributed by atoms with Crippen LogP contribution in [0.25, 0.3) is 0 Å². The van der Waals surface area contributed by atoms with Gasteiger partial charge in [-0.1, -0.05) is 0 Å². The third kappa shape index (κ3) is 3.62. The van der Waals surface area contributed by atoms with E-state index >= 15 is 0 Å². The topological polar surface area (TPSA) is 105 Å². The van der Waals surface area contributed by atoms with Gasteiger partial charge in [0.2, 0.25) is 5.91 Å². The number of likely N-dealkylation sites (tertiary alicyclic amines) is 1. The van der Waals surface area contributed by atoms with Crippen LogP contribution in [0.5, 0.6) is 5.75 Å². The lowest BCUT2D eigenvalue weighted by atomic mass is 9.85. The van der Waals surface area contributed by atoms with Crippen LogP contribution >= 0.6 is 12.4 Å². The number of carbonyl (C=O) groups excluding carboxylic acids is 1. The molecule has 0 aliphatic carbocycles. The van der Waals surface area contributed by atoms with Crippen LogP contribution in [-0.2, 0) is 4.79 Å². The number of nitrogens with one attached hydrogen (secondary N) is 1. The summed E-state index contributed by atoms with van der Waals surface area (Å²) in [7, 11) is 0. The molecule has 0 saturated carbocycles. The summed E-state index contributed by atoms with van der Waals surface area (Å²) in [4.78, 5) is 24.5. The fourth-order valence-corrected chi connectivity index (χ4v) is 3.66. The number of benzene rings is 1. The summed E-state index contributed by atoms with van der Waals surface area (Å²) in [6, 6.07) is 2.59. The highest BCUT2D eigenvalue weighted by atomic mass is 35.5. The van der Waals surface area contributed by atoms with Crippen LogP contribution < -0.4 is 10.1 Å². The lowest BCUT2D eigenvalue weighted by molar-refractivity contribution is -0.384. The minimum Gasteiger partial charge on any atom is -0.484 e. The van der Waals surface area contributed by atoms with Crippen molar-refractivity contribution in [1.29, 1.82) is 0 Å². The molecule has 144 valence electrons. The summed E-state index contributed by atoms with van der Waals surface area (Å²) in [5.41, 5.74) is -0.302. The summed E-state index contributed by atoms with van der Waals surface area (Å²) in [6.45, 7) is 6.55. The van der Waals surface area contributed by atoms with Crippen LogP contribution in [0.2, 0.25) is 0 Å². The van der Waals surface area contributed by atoms with E-state index in [0.29, 0.717) is 11.3 Å². The maximum absolute atomic E-state index is 11.4. The molecule has 1 amide bonds.